The topological polar surface area (TPSA) is 81.2 Å². The molecule has 1 atom stereocenters. The lowest BCUT2D eigenvalue weighted by atomic mass is 9.96. The summed E-state index contributed by atoms with van der Waals surface area (Å²) in [7, 11) is 0. The molecule has 0 bridgehead atoms. The highest BCUT2D eigenvalue weighted by molar-refractivity contribution is 5.99. The molecule has 1 heterocycles. The molecule has 0 saturated heterocycles. The summed E-state index contributed by atoms with van der Waals surface area (Å²) in [4.78, 5) is 16.7. The molecule has 0 aliphatic heterocycles. The Labute approximate surface area is 123 Å². The van der Waals surface area contributed by atoms with Crippen LogP contribution in [0.1, 0.15) is 45.4 Å². The first-order chi connectivity index (χ1) is 9.88. The third kappa shape index (κ3) is 2.65. The number of hydrogen-bond donors (Lipinski definition) is 2. The number of nitrogens with one attached hydrogen (secondary N) is 1. The van der Waals surface area contributed by atoms with Crippen LogP contribution in [0, 0.1) is 5.92 Å². The van der Waals surface area contributed by atoms with Gasteiger partial charge in [0.05, 0.1) is 5.54 Å². The number of nitrogens with two attached hydrogens (primary N) is 1. The lowest BCUT2D eigenvalue weighted by Gasteiger charge is -2.23. The average Bonchev–Trinajstić information content (AvgIpc) is 3.19. The molecule has 1 aliphatic rings. The van der Waals surface area contributed by atoms with Crippen LogP contribution in [-0.4, -0.2) is 16.4 Å². The number of amides is 1. The van der Waals surface area contributed by atoms with Crippen molar-refractivity contribution in [2.45, 2.75) is 45.1 Å². The SMILES string of the molecule is CC(C)c1nc2cc(NC(=O)C(C)(N)C3CC3)ccc2o1. The van der Waals surface area contributed by atoms with E-state index in [0.717, 1.165) is 23.9 Å². The molecule has 0 radical (unpaired) electrons. The number of carbonyl (C=O) groups excluding carboxylic acids is 1. The summed E-state index contributed by atoms with van der Waals surface area (Å²) >= 11 is 0. The van der Waals surface area contributed by atoms with Crippen molar-refractivity contribution in [2.75, 3.05) is 5.32 Å². The average molecular weight is 287 g/mol. The fourth-order valence-corrected chi connectivity index (χ4v) is 2.40. The van der Waals surface area contributed by atoms with Crippen LogP contribution in [0.15, 0.2) is 22.6 Å². The minimum absolute atomic E-state index is 0.142. The second kappa shape index (κ2) is 4.84. The molecule has 112 valence electrons. The lowest BCUT2D eigenvalue weighted by molar-refractivity contribution is -0.121. The molecule has 5 nitrogen and oxygen atoms in total. The predicted molar refractivity (Wildman–Crippen MR) is 82.0 cm³/mol. The van der Waals surface area contributed by atoms with E-state index in [1.54, 1.807) is 6.92 Å². The number of fused-ring (bicyclic) bond motifs is 1. The van der Waals surface area contributed by atoms with E-state index in [4.69, 9.17) is 10.2 Å². The van der Waals surface area contributed by atoms with Gasteiger partial charge in [0.15, 0.2) is 11.5 Å². The van der Waals surface area contributed by atoms with E-state index < -0.39 is 5.54 Å². The largest absolute Gasteiger partial charge is 0.440 e. The molecule has 1 amide bonds. The summed E-state index contributed by atoms with van der Waals surface area (Å²) in [5, 5.41) is 2.89. The van der Waals surface area contributed by atoms with Crippen LogP contribution in [0.25, 0.3) is 11.1 Å². The van der Waals surface area contributed by atoms with E-state index in [1.165, 1.54) is 0 Å². The molecule has 1 aromatic carbocycles. The van der Waals surface area contributed by atoms with Crippen molar-refractivity contribution in [3.63, 3.8) is 0 Å². The molecular weight excluding hydrogens is 266 g/mol. The van der Waals surface area contributed by atoms with Gasteiger partial charge in [0.2, 0.25) is 5.91 Å². The van der Waals surface area contributed by atoms with Crippen LogP contribution in [0.4, 0.5) is 5.69 Å². The van der Waals surface area contributed by atoms with Crippen LogP contribution < -0.4 is 11.1 Å². The van der Waals surface area contributed by atoms with Gasteiger partial charge in [-0.1, -0.05) is 13.8 Å². The third-order valence-electron chi connectivity index (χ3n) is 4.07. The van der Waals surface area contributed by atoms with Crippen molar-refractivity contribution in [1.82, 2.24) is 4.98 Å². The number of anilines is 1. The number of hydrogen-bond acceptors (Lipinski definition) is 4. The summed E-state index contributed by atoms with van der Waals surface area (Å²) in [6.45, 7) is 5.86. The molecule has 2 aromatic rings. The van der Waals surface area contributed by atoms with E-state index in [2.05, 4.69) is 10.3 Å². The van der Waals surface area contributed by atoms with Gasteiger partial charge in [-0.3, -0.25) is 4.79 Å². The molecular formula is C16H21N3O2. The predicted octanol–water partition coefficient (Wildman–Crippen LogP) is 3.02. The maximum atomic E-state index is 12.3. The van der Waals surface area contributed by atoms with Gasteiger partial charge < -0.3 is 15.5 Å². The highest BCUT2D eigenvalue weighted by atomic mass is 16.3. The zero-order valence-electron chi connectivity index (χ0n) is 12.6. The minimum Gasteiger partial charge on any atom is -0.440 e. The van der Waals surface area contributed by atoms with Crippen molar-refractivity contribution >= 4 is 22.7 Å². The summed E-state index contributed by atoms with van der Waals surface area (Å²) in [6.07, 6.45) is 2.06. The summed E-state index contributed by atoms with van der Waals surface area (Å²) in [5.41, 5.74) is 7.50. The highest BCUT2D eigenvalue weighted by Crippen LogP contribution is 2.38. The zero-order valence-corrected chi connectivity index (χ0v) is 12.6. The van der Waals surface area contributed by atoms with Gasteiger partial charge in [-0.05, 0) is 43.9 Å². The summed E-state index contributed by atoms with van der Waals surface area (Å²) in [5.74, 6) is 1.09. The van der Waals surface area contributed by atoms with Crippen molar-refractivity contribution in [2.24, 2.45) is 11.7 Å². The maximum Gasteiger partial charge on any atom is 0.244 e. The van der Waals surface area contributed by atoms with E-state index in [9.17, 15) is 4.79 Å². The Morgan fingerprint density at radius 1 is 1.48 bits per heavy atom. The summed E-state index contributed by atoms with van der Waals surface area (Å²) in [6, 6.07) is 5.47. The fourth-order valence-electron chi connectivity index (χ4n) is 2.40. The first kappa shape index (κ1) is 14.1. The molecule has 1 saturated carbocycles. The number of oxazole rings is 1. The van der Waals surface area contributed by atoms with Gasteiger partial charge in [-0.2, -0.15) is 0 Å². The van der Waals surface area contributed by atoms with Crippen molar-refractivity contribution in [3.8, 4) is 0 Å². The second-order valence-electron chi connectivity index (χ2n) is 6.40. The highest BCUT2D eigenvalue weighted by Gasteiger charge is 2.44. The van der Waals surface area contributed by atoms with E-state index in [0.29, 0.717) is 17.5 Å². The Balaban J connectivity index is 1.82. The molecule has 3 rings (SSSR count). The van der Waals surface area contributed by atoms with Gasteiger partial charge >= 0.3 is 0 Å². The third-order valence-corrected chi connectivity index (χ3v) is 4.07. The monoisotopic (exact) mass is 287 g/mol. The molecule has 21 heavy (non-hydrogen) atoms. The summed E-state index contributed by atoms with van der Waals surface area (Å²) < 4.78 is 5.66. The molecule has 5 heteroatoms. The van der Waals surface area contributed by atoms with Gasteiger partial charge in [0.1, 0.15) is 5.52 Å². The van der Waals surface area contributed by atoms with Gasteiger partial charge in [0, 0.05) is 11.6 Å². The van der Waals surface area contributed by atoms with Gasteiger partial charge in [0.25, 0.3) is 0 Å². The number of aromatic nitrogens is 1. The molecule has 3 N–H and O–H groups in total. The molecule has 1 aromatic heterocycles. The second-order valence-corrected chi connectivity index (χ2v) is 6.40. The molecule has 0 spiro atoms. The lowest BCUT2D eigenvalue weighted by Crippen LogP contribution is -2.50. The Morgan fingerprint density at radius 2 is 2.19 bits per heavy atom. The first-order valence-electron chi connectivity index (χ1n) is 7.38. The fraction of sp³-hybridized carbons (Fsp3) is 0.500. The molecule has 1 aliphatic carbocycles. The number of nitrogens with zero attached hydrogens (tertiary/aromatic N) is 1. The Bertz CT molecular complexity index is 684. The van der Waals surface area contributed by atoms with Gasteiger partial charge in [-0.15, -0.1) is 0 Å². The van der Waals surface area contributed by atoms with E-state index >= 15 is 0 Å². The first-order valence-corrected chi connectivity index (χ1v) is 7.38. The van der Waals surface area contributed by atoms with Crippen LogP contribution >= 0.6 is 0 Å². The quantitative estimate of drug-likeness (QED) is 0.905. The van der Waals surface area contributed by atoms with Crippen LogP contribution in [-0.2, 0) is 4.79 Å². The zero-order chi connectivity index (χ0) is 15.2. The smallest absolute Gasteiger partial charge is 0.244 e. The number of rotatable bonds is 4. The molecule has 1 fully saturated rings. The normalized spacial score (nSPS) is 18.0. The number of benzene rings is 1. The van der Waals surface area contributed by atoms with Gasteiger partial charge in [-0.25, -0.2) is 4.98 Å². The van der Waals surface area contributed by atoms with Crippen LogP contribution in [0.2, 0.25) is 0 Å². The Kier molecular flexibility index (Phi) is 3.24. The Hall–Kier alpha value is -1.88. The Morgan fingerprint density at radius 3 is 2.81 bits per heavy atom. The van der Waals surface area contributed by atoms with Crippen LogP contribution in [0.3, 0.4) is 0 Å². The maximum absolute atomic E-state index is 12.3. The van der Waals surface area contributed by atoms with Crippen LogP contribution in [0.5, 0.6) is 0 Å². The van der Waals surface area contributed by atoms with Crippen molar-refractivity contribution in [3.05, 3.63) is 24.1 Å². The molecule has 1 unspecified atom stereocenters. The van der Waals surface area contributed by atoms with E-state index in [-0.39, 0.29) is 11.8 Å². The standard InChI is InChI=1S/C16H21N3O2/c1-9(2)14-19-12-8-11(6-7-13(12)21-14)18-15(20)16(3,17)10-4-5-10/h6-10H,4-5,17H2,1-3H3,(H,18,20). The number of carbonyl (C=O) groups is 1. The van der Waals surface area contributed by atoms with Crippen molar-refractivity contribution in [1.29, 1.82) is 0 Å². The van der Waals surface area contributed by atoms with Crippen molar-refractivity contribution < 1.29 is 9.21 Å². The minimum atomic E-state index is -0.804. The van der Waals surface area contributed by atoms with E-state index in [1.807, 2.05) is 32.0 Å².